The van der Waals surface area contributed by atoms with Gasteiger partial charge in [0.2, 0.25) is 0 Å². The van der Waals surface area contributed by atoms with Crippen LogP contribution in [-0.4, -0.2) is 28.9 Å². The summed E-state index contributed by atoms with van der Waals surface area (Å²) in [4.78, 5) is 20.3. The van der Waals surface area contributed by atoms with Gasteiger partial charge in [0.25, 0.3) is 5.91 Å². The molecule has 0 aliphatic carbocycles. The molecule has 3 heterocycles. The van der Waals surface area contributed by atoms with E-state index in [2.05, 4.69) is 26.6 Å². The molecular weight excluding hydrogens is 386 g/mol. The zero-order valence-corrected chi connectivity index (χ0v) is 16.4. The van der Waals surface area contributed by atoms with Crippen LogP contribution >= 0.6 is 34.3 Å². The molecule has 1 N–H and O–H groups in total. The zero-order valence-electron chi connectivity index (χ0n) is 14.0. The van der Waals surface area contributed by atoms with E-state index in [1.165, 1.54) is 21.8 Å². The molecule has 4 nitrogen and oxygen atoms in total. The number of nitrogens with zero attached hydrogens (tertiary/aromatic N) is 2. The van der Waals surface area contributed by atoms with Gasteiger partial charge in [-0.25, -0.2) is 4.98 Å². The summed E-state index contributed by atoms with van der Waals surface area (Å²) in [6.45, 7) is 2.42. The monoisotopic (exact) mass is 403 g/mol. The van der Waals surface area contributed by atoms with Gasteiger partial charge in [-0.05, 0) is 41.1 Å². The van der Waals surface area contributed by atoms with Crippen LogP contribution in [0, 0.1) is 0 Å². The molecule has 7 heteroatoms. The number of carbonyl (C=O) groups excluding carboxylic acids is 1. The lowest BCUT2D eigenvalue weighted by atomic mass is 10.0. The summed E-state index contributed by atoms with van der Waals surface area (Å²) in [7, 11) is 0. The number of aromatic nitrogens is 1. The lowest BCUT2D eigenvalue weighted by molar-refractivity contribution is 0.0924. The van der Waals surface area contributed by atoms with Crippen molar-refractivity contribution in [2.24, 2.45) is 0 Å². The Labute approximate surface area is 165 Å². The van der Waals surface area contributed by atoms with Crippen molar-refractivity contribution in [1.29, 1.82) is 0 Å². The quantitative estimate of drug-likeness (QED) is 0.687. The van der Waals surface area contributed by atoms with Gasteiger partial charge in [-0.2, -0.15) is 0 Å². The van der Waals surface area contributed by atoms with E-state index in [0.29, 0.717) is 12.2 Å². The fraction of sp³-hybridized carbons (Fsp3) is 0.263. The van der Waals surface area contributed by atoms with E-state index in [0.717, 1.165) is 30.1 Å². The Morgan fingerprint density at radius 2 is 2.15 bits per heavy atom. The summed E-state index contributed by atoms with van der Waals surface area (Å²) in [6.07, 6.45) is 1.05. The minimum Gasteiger partial charge on any atom is -0.349 e. The van der Waals surface area contributed by atoms with Crippen LogP contribution in [0.2, 0.25) is 5.02 Å². The van der Waals surface area contributed by atoms with Crippen LogP contribution in [0.3, 0.4) is 0 Å². The molecule has 1 aliphatic heterocycles. The molecular formula is C19H18ClN3OS2. The predicted octanol–water partition coefficient (Wildman–Crippen LogP) is 4.39. The summed E-state index contributed by atoms with van der Waals surface area (Å²) in [6, 6.07) is 10.2. The Morgan fingerprint density at radius 1 is 1.31 bits per heavy atom. The molecule has 0 fully saturated rings. The Hall–Kier alpha value is -1.73. The number of thiophene rings is 1. The highest BCUT2D eigenvalue weighted by Crippen LogP contribution is 2.30. The van der Waals surface area contributed by atoms with Crippen molar-refractivity contribution >= 4 is 40.2 Å². The van der Waals surface area contributed by atoms with Gasteiger partial charge in [0.05, 0.1) is 11.6 Å². The predicted molar refractivity (Wildman–Crippen MR) is 107 cm³/mol. The van der Waals surface area contributed by atoms with Crippen LogP contribution in [0.25, 0.3) is 0 Å². The third-order valence-corrected chi connectivity index (χ3v) is 6.52. The summed E-state index contributed by atoms with van der Waals surface area (Å²) < 4.78 is 0. The third-order valence-electron chi connectivity index (χ3n) is 4.65. The number of halogens is 1. The molecule has 26 heavy (non-hydrogen) atoms. The number of hydrogen-bond acceptors (Lipinski definition) is 5. The fourth-order valence-corrected chi connectivity index (χ4v) is 4.83. The van der Waals surface area contributed by atoms with Crippen molar-refractivity contribution in [3.63, 3.8) is 0 Å². The maximum atomic E-state index is 12.3. The number of benzene rings is 1. The number of nitrogens with one attached hydrogen (secondary N) is 1. The summed E-state index contributed by atoms with van der Waals surface area (Å²) >= 11 is 9.32. The van der Waals surface area contributed by atoms with E-state index in [9.17, 15) is 4.79 Å². The van der Waals surface area contributed by atoms with E-state index >= 15 is 0 Å². The van der Waals surface area contributed by atoms with Gasteiger partial charge in [-0.15, -0.1) is 22.7 Å². The smallest absolute Gasteiger partial charge is 0.270 e. The van der Waals surface area contributed by atoms with E-state index < -0.39 is 0 Å². The maximum absolute atomic E-state index is 12.3. The first kappa shape index (κ1) is 17.7. The van der Waals surface area contributed by atoms with Crippen LogP contribution in [0.4, 0.5) is 0 Å². The molecule has 1 aliphatic rings. The third kappa shape index (κ3) is 3.83. The van der Waals surface area contributed by atoms with Crippen molar-refractivity contribution in [3.05, 3.63) is 73.3 Å². The Kier molecular flexibility index (Phi) is 5.36. The second kappa shape index (κ2) is 7.88. The SMILES string of the molecule is O=C(NCC(c1ccc(Cl)cc1)N1CCc2sccc2C1)c1cscn1. The molecule has 1 atom stereocenters. The Morgan fingerprint density at radius 3 is 2.92 bits per heavy atom. The normalized spacial score (nSPS) is 15.4. The van der Waals surface area contributed by atoms with E-state index in [1.807, 2.05) is 35.6 Å². The van der Waals surface area contributed by atoms with Gasteiger partial charge in [0.15, 0.2) is 0 Å². The van der Waals surface area contributed by atoms with Gasteiger partial charge in [-0.1, -0.05) is 23.7 Å². The number of rotatable bonds is 5. The van der Waals surface area contributed by atoms with E-state index in [4.69, 9.17) is 11.6 Å². The van der Waals surface area contributed by atoms with Crippen molar-refractivity contribution in [1.82, 2.24) is 15.2 Å². The number of fused-ring (bicyclic) bond motifs is 1. The van der Waals surface area contributed by atoms with Crippen molar-refractivity contribution in [2.75, 3.05) is 13.1 Å². The fourth-order valence-electron chi connectivity index (χ4n) is 3.28. The molecule has 1 amide bonds. The number of amides is 1. The second-order valence-corrected chi connectivity index (χ2v) is 8.40. The lowest BCUT2D eigenvalue weighted by Crippen LogP contribution is -2.40. The van der Waals surface area contributed by atoms with E-state index in [1.54, 1.807) is 10.9 Å². The number of hydrogen-bond donors (Lipinski definition) is 1. The van der Waals surface area contributed by atoms with Crippen molar-refractivity contribution in [3.8, 4) is 0 Å². The summed E-state index contributed by atoms with van der Waals surface area (Å²) in [5, 5.41) is 7.70. The molecule has 0 saturated heterocycles. The average molecular weight is 404 g/mol. The highest BCUT2D eigenvalue weighted by molar-refractivity contribution is 7.10. The molecule has 1 unspecified atom stereocenters. The first-order valence-corrected chi connectivity index (χ1v) is 10.6. The van der Waals surface area contributed by atoms with E-state index in [-0.39, 0.29) is 11.9 Å². The number of carbonyl (C=O) groups is 1. The Balaban J connectivity index is 1.53. The number of thiazole rings is 1. The van der Waals surface area contributed by atoms with Crippen LogP contribution in [0.5, 0.6) is 0 Å². The van der Waals surface area contributed by atoms with Gasteiger partial charge >= 0.3 is 0 Å². The largest absolute Gasteiger partial charge is 0.349 e. The molecule has 134 valence electrons. The molecule has 2 aromatic heterocycles. The van der Waals surface area contributed by atoms with Gasteiger partial charge in [0, 0.05) is 34.9 Å². The first-order chi connectivity index (χ1) is 12.7. The minimum atomic E-state index is -0.126. The first-order valence-electron chi connectivity index (χ1n) is 8.42. The van der Waals surface area contributed by atoms with Crippen LogP contribution in [0.1, 0.15) is 32.5 Å². The molecule has 0 spiro atoms. The average Bonchev–Trinajstić information content (AvgIpc) is 3.34. The highest BCUT2D eigenvalue weighted by atomic mass is 35.5. The van der Waals surface area contributed by atoms with Crippen LogP contribution in [0.15, 0.2) is 46.6 Å². The Bertz CT molecular complexity index is 877. The summed E-state index contributed by atoms with van der Waals surface area (Å²) in [5.74, 6) is -0.126. The van der Waals surface area contributed by atoms with Gasteiger partial charge in [-0.3, -0.25) is 9.69 Å². The lowest BCUT2D eigenvalue weighted by Gasteiger charge is -2.35. The van der Waals surface area contributed by atoms with Crippen LogP contribution < -0.4 is 5.32 Å². The maximum Gasteiger partial charge on any atom is 0.270 e. The molecule has 1 aromatic carbocycles. The standard InChI is InChI=1S/C19H18ClN3OS2/c20-15-3-1-13(2-4-15)17(9-21-19(24)16-11-25-12-22-16)23-7-5-18-14(10-23)6-8-26-18/h1-4,6,8,11-12,17H,5,7,9-10H2,(H,21,24). The highest BCUT2D eigenvalue weighted by Gasteiger charge is 2.26. The van der Waals surface area contributed by atoms with Gasteiger partial charge < -0.3 is 5.32 Å². The minimum absolute atomic E-state index is 0.0999. The van der Waals surface area contributed by atoms with Crippen LogP contribution in [-0.2, 0) is 13.0 Å². The molecule has 0 radical (unpaired) electrons. The van der Waals surface area contributed by atoms with Crippen molar-refractivity contribution in [2.45, 2.75) is 19.0 Å². The van der Waals surface area contributed by atoms with Gasteiger partial charge in [0.1, 0.15) is 5.69 Å². The summed E-state index contributed by atoms with van der Waals surface area (Å²) in [5.41, 5.74) is 4.70. The molecule has 3 aromatic rings. The molecule has 4 rings (SSSR count). The zero-order chi connectivity index (χ0) is 17.9. The molecule has 0 bridgehead atoms. The van der Waals surface area contributed by atoms with Crippen molar-refractivity contribution < 1.29 is 4.79 Å². The molecule has 0 saturated carbocycles. The topological polar surface area (TPSA) is 45.2 Å². The second-order valence-electron chi connectivity index (χ2n) is 6.24.